The summed E-state index contributed by atoms with van der Waals surface area (Å²) in [5, 5.41) is 3.55. The normalized spacial score (nSPS) is 17.8. The van der Waals surface area contributed by atoms with Gasteiger partial charge in [0.25, 0.3) is 0 Å². The van der Waals surface area contributed by atoms with E-state index < -0.39 is 0 Å². The van der Waals surface area contributed by atoms with Crippen molar-refractivity contribution in [1.82, 2.24) is 5.32 Å². The van der Waals surface area contributed by atoms with Crippen LogP contribution in [0.25, 0.3) is 0 Å². The van der Waals surface area contributed by atoms with Crippen molar-refractivity contribution in [3.63, 3.8) is 0 Å². The van der Waals surface area contributed by atoms with Gasteiger partial charge in [0.2, 0.25) is 0 Å². The topological polar surface area (TPSA) is 12.0 Å². The van der Waals surface area contributed by atoms with Crippen LogP contribution < -0.4 is 5.32 Å². The lowest BCUT2D eigenvalue weighted by Crippen LogP contribution is -2.43. The van der Waals surface area contributed by atoms with Crippen LogP contribution in [0.1, 0.15) is 44.2 Å². The van der Waals surface area contributed by atoms with Crippen LogP contribution in [-0.4, -0.2) is 12.6 Å². The van der Waals surface area contributed by atoms with Gasteiger partial charge in [-0.15, -0.1) is 0 Å². The highest BCUT2D eigenvalue weighted by Gasteiger charge is 2.37. The first-order chi connectivity index (χ1) is 8.51. The fourth-order valence-electron chi connectivity index (χ4n) is 2.75. The van der Waals surface area contributed by atoms with Gasteiger partial charge in [-0.1, -0.05) is 26.3 Å². The summed E-state index contributed by atoms with van der Waals surface area (Å²) < 4.78 is 13.3. The molecular weight excluding hydrogens is 225 g/mol. The minimum absolute atomic E-state index is 0.109. The SMILES string of the molecule is Cc1ccc(F)cc1CC1(CNC(C)C)CCC1. The second-order valence-corrected chi connectivity index (χ2v) is 6.14. The Balaban J connectivity index is 2.07. The Morgan fingerprint density at radius 3 is 2.61 bits per heavy atom. The van der Waals surface area contributed by atoms with Crippen molar-refractivity contribution in [2.75, 3.05) is 6.54 Å². The quantitative estimate of drug-likeness (QED) is 0.836. The zero-order valence-electron chi connectivity index (χ0n) is 11.7. The highest BCUT2D eigenvalue weighted by atomic mass is 19.1. The number of rotatable bonds is 5. The van der Waals surface area contributed by atoms with Crippen molar-refractivity contribution in [1.29, 1.82) is 0 Å². The maximum absolute atomic E-state index is 13.3. The molecule has 1 N–H and O–H groups in total. The number of aryl methyl sites for hydroxylation is 1. The van der Waals surface area contributed by atoms with Crippen molar-refractivity contribution >= 4 is 0 Å². The lowest BCUT2D eigenvalue weighted by Gasteiger charge is -2.43. The lowest BCUT2D eigenvalue weighted by atomic mass is 9.65. The Morgan fingerprint density at radius 1 is 1.33 bits per heavy atom. The standard InChI is InChI=1S/C16H24FN/c1-12(2)18-11-16(7-4-8-16)10-14-9-15(17)6-5-13(14)3/h5-6,9,12,18H,4,7-8,10-11H2,1-3H3. The van der Waals surface area contributed by atoms with E-state index in [0.29, 0.717) is 11.5 Å². The Kier molecular flexibility index (Phi) is 4.06. The fourth-order valence-corrected chi connectivity index (χ4v) is 2.75. The van der Waals surface area contributed by atoms with Crippen LogP contribution in [0, 0.1) is 18.2 Å². The summed E-state index contributed by atoms with van der Waals surface area (Å²) in [6.45, 7) is 7.50. The van der Waals surface area contributed by atoms with Crippen LogP contribution >= 0.6 is 0 Å². The van der Waals surface area contributed by atoms with Gasteiger partial charge in [-0.25, -0.2) is 4.39 Å². The Hall–Kier alpha value is -0.890. The van der Waals surface area contributed by atoms with Crippen LogP contribution in [0.3, 0.4) is 0 Å². The highest BCUT2D eigenvalue weighted by Crippen LogP contribution is 2.43. The van der Waals surface area contributed by atoms with Crippen molar-refractivity contribution in [2.45, 2.75) is 52.5 Å². The van der Waals surface area contributed by atoms with Crippen molar-refractivity contribution < 1.29 is 4.39 Å². The number of hydrogen-bond donors (Lipinski definition) is 1. The number of benzene rings is 1. The Labute approximate surface area is 110 Å². The number of nitrogens with one attached hydrogen (secondary N) is 1. The summed E-state index contributed by atoms with van der Waals surface area (Å²) in [5.41, 5.74) is 2.76. The van der Waals surface area contributed by atoms with Crippen LogP contribution in [0.15, 0.2) is 18.2 Å². The van der Waals surface area contributed by atoms with Gasteiger partial charge >= 0.3 is 0 Å². The van der Waals surface area contributed by atoms with E-state index in [2.05, 4.69) is 26.1 Å². The predicted molar refractivity (Wildman–Crippen MR) is 74.3 cm³/mol. The van der Waals surface area contributed by atoms with Gasteiger partial charge in [-0.05, 0) is 54.9 Å². The summed E-state index contributed by atoms with van der Waals surface area (Å²) in [6, 6.07) is 5.69. The molecule has 0 saturated heterocycles. The third kappa shape index (κ3) is 3.11. The lowest BCUT2D eigenvalue weighted by molar-refractivity contribution is 0.126. The van der Waals surface area contributed by atoms with E-state index in [1.165, 1.54) is 30.4 Å². The molecule has 0 amide bonds. The molecule has 0 aromatic heterocycles. The molecule has 2 heteroatoms. The zero-order chi connectivity index (χ0) is 13.2. The van der Waals surface area contributed by atoms with Crippen LogP contribution in [0.5, 0.6) is 0 Å². The first-order valence-electron chi connectivity index (χ1n) is 6.99. The van der Waals surface area contributed by atoms with E-state index in [1.807, 2.05) is 6.07 Å². The maximum Gasteiger partial charge on any atom is 0.123 e. The molecule has 1 aliphatic rings. The van der Waals surface area contributed by atoms with Crippen molar-refractivity contribution in [2.24, 2.45) is 5.41 Å². The molecule has 1 aromatic rings. The molecule has 18 heavy (non-hydrogen) atoms. The highest BCUT2D eigenvalue weighted by molar-refractivity contribution is 5.28. The molecule has 0 radical (unpaired) electrons. The molecule has 0 bridgehead atoms. The largest absolute Gasteiger partial charge is 0.314 e. The number of halogens is 1. The van der Waals surface area contributed by atoms with Gasteiger partial charge in [0, 0.05) is 12.6 Å². The van der Waals surface area contributed by atoms with E-state index in [1.54, 1.807) is 12.1 Å². The van der Waals surface area contributed by atoms with Crippen LogP contribution in [0.4, 0.5) is 4.39 Å². The van der Waals surface area contributed by atoms with E-state index in [4.69, 9.17) is 0 Å². The van der Waals surface area contributed by atoms with E-state index in [-0.39, 0.29) is 5.82 Å². The molecular formula is C16H24FN. The zero-order valence-corrected chi connectivity index (χ0v) is 11.7. The first-order valence-corrected chi connectivity index (χ1v) is 6.99. The van der Waals surface area contributed by atoms with E-state index in [9.17, 15) is 4.39 Å². The Morgan fingerprint density at radius 2 is 2.06 bits per heavy atom. The third-order valence-corrected chi connectivity index (χ3v) is 4.18. The fraction of sp³-hybridized carbons (Fsp3) is 0.625. The van der Waals surface area contributed by atoms with Crippen molar-refractivity contribution in [3.05, 3.63) is 35.1 Å². The van der Waals surface area contributed by atoms with Gasteiger partial charge in [0.1, 0.15) is 5.82 Å². The average molecular weight is 249 g/mol. The second kappa shape index (κ2) is 5.40. The minimum atomic E-state index is -0.109. The summed E-state index contributed by atoms with van der Waals surface area (Å²) in [4.78, 5) is 0. The molecule has 0 aliphatic heterocycles. The molecule has 1 fully saturated rings. The average Bonchev–Trinajstić information content (AvgIpc) is 2.26. The molecule has 1 aliphatic carbocycles. The summed E-state index contributed by atoms with van der Waals surface area (Å²) in [6.07, 6.45) is 4.86. The van der Waals surface area contributed by atoms with Gasteiger partial charge < -0.3 is 5.32 Å². The van der Waals surface area contributed by atoms with Gasteiger partial charge in [0.05, 0.1) is 0 Å². The van der Waals surface area contributed by atoms with Crippen LogP contribution in [0.2, 0.25) is 0 Å². The second-order valence-electron chi connectivity index (χ2n) is 6.14. The van der Waals surface area contributed by atoms with Crippen molar-refractivity contribution in [3.8, 4) is 0 Å². The smallest absolute Gasteiger partial charge is 0.123 e. The van der Waals surface area contributed by atoms with Gasteiger partial charge in [0.15, 0.2) is 0 Å². The number of hydrogen-bond acceptors (Lipinski definition) is 1. The molecule has 1 nitrogen and oxygen atoms in total. The summed E-state index contributed by atoms with van der Waals surface area (Å²) in [7, 11) is 0. The van der Waals surface area contributed by atoms with Crippen LogP contribution in [-0.2, 0) is 6.42 Å². The molecule has 0 atom stereocenters. The molecule has 0 spiro atoms. The predicted octanol–water partition coefficient (Wildman–Crippen LogP) is 3.84. The molecule has 1 saturated carbocycles. The van der Waals surface area contributed by atoms with Gasteiger partial charge in [-0.3, -0.25) is 0 Å². The minimum Gasteiger partial charge on any atom is -0.314 e. The monoisotopic (exact) mass is 249 g/mol. The maximum atomic E-state index is 13.3. The molecule has 0 unspecified atom stereocenters. The van der Waals surface area contributed by atoms with E-state index >= 15 is 0 Å². The van der Waals surface area contributed by atoms with Gasteiger partial charge in [-0.2, -0.15) is 0 Å². The molecule has 100 valence electrons. The summed E-state index contributed by atoms with van der Waals surface area (Å²) in [5.74, 6) is -0.109. The molecule has 0 heterocycles. The Bertz CT molecular complexity index is 408. The third-order valence-electron chi connectivity index (χ3n) is 4.18. The molecule has 1 aromatic carbocycles. The summed E-state index contributed by atoms with van der Waals surface area (Å²) >= 11 is 0. The first kappa shape index (κ1) is 13.5. The van der Waals surface area contributed by atoms with E-state index in [0.717, 1.165) is 13.0 Å². The molecule has 2 rings (SSSR count).